The van der Waals surface area contributed by atoms with Crippen molar-refractivity contribution >= 4 is 23.6 Å². The zero-order chi connectivity index (χ0) is 34.3. The molecule has 4 amide bonds. The van der Waals surface area contributed by atoms with E-state index in [2.05, 4.69) is 20.9 Å². The Morgan fingerprint density at radius 1 is 0.959 bits per heavy atom. The van der Waals surface area contributed by atoms with Gasteiger partial charge in [-0.25, -0.2) is 0 Å². The molecule has 49 heavy (non-hydrogen) atoms. The lowest BCUT2D eigenvalue weighted by Gasteiger charge is -2.39. The first-order valence-corrected chi connectivity index (χ1v) is 16.8. The van der Waals surface area contributed by atoms with E-state index in [0.29, 0.717) is 69.9 Å². The molecule has 2 bridgehead atoms. The molecule has 1 aromatic heterocycles. The monoisotopic (exact) mass is 675 g/mol. The van der Waals surface area contributed by atoms with E-state index in [4.69, 9.17) is 14.2 Å². The molecule has 2 atom stereocenters. The topological polar surface area (TPSA) is 157 Å². The number of hydrogen-bond acceptors (Lipinski definition) is 9. The van der Waals surface area contributed by atoms with Gasteiger partial charge >= 0.3 is 0 Å². The van der Waals surface area contributed by atoms with Crippen molar-refractivity contribution in [1.29, 1.82) is 0 Å². The van der Waals surface area contributed by atoms with Gasteiger partial charge in [-0.3, -0.25) is 23.9 Å². The second kappa shape index (κ2) is 18.7. The molecule has 0 saturated carbocycles. The van der Waals surface area contributed by atoms with Crippen molar-refractivity contribution in [3.8, 4) is 5.75 Å². The van der Waals surface area contributed by atoms with E-state index < -0.39 is 0 Å². The van der Waals surface area contributed by atoms with Crippen LogP contribution in [-0.4, -0.2) is 114 Å². The van der Waals surface area contributed by atoms with E-state index in [1.54, 1.807) is 33.8 Å². The summed E-state index contributed by atoms with van der Waals surface area (Å²) in [6, 6.07) is 18.3. The number of hydrogen-bond donors (Lipinski definition) is 2. The lowest BCUT2D eigenvalue weighted by atomic mass is 9.81. The van der Waals surface area contributed by atoms with Crippen molar-refractivity contribution in [2.24, 2.45) is 11.8 Å². The van der Waals surface area contributed by atoms with E-state index in [1.165, 1.54) is 4.90 Å². The van der Waals surface area contributed by atoms with Crippen LogP contribution in [0.25, 0.3) is 0 Å². The average molecular weight is 676 g/mol. The number of piperidine rings is 1. The number of aryl methyl sites for hydroxylation is 1. The highest BCUT2D eigenvalue weighted by Crippen LogP contribution is 2.30. The van der Waals surface area contributed by atoms with Crippen molar-refractivity contribution in [3.63, 3.8) is 0 Å². The zero-order valence-corrected chi connectivity index (χ0v) is 27.7. The molecular formula is C35H45N7O7. The fraction of sp³-hybridized carbons (Fsp3) is 0.486. The summed E-state index contributed by atoms with van der Waals surface area (Å²) in [7, 11) is 0. The molecule has 0 unspecified atom stereocenters. The summed E-state index contributed by atoms with van der Waals surface area (Å²) >= 11 is 0. The van der Waals surface area contributed by atoms with Crippen molar-refractivity contribution in [1.82, 2.24) is 35.4 Å². The van der Waals surface area contributed by atoms with Crippen LogP contribution in [-0.2, 0) is 37.0 Å². The predicted octanol–water partition coefficient (Wildman–Crippen LogP) is 1.52. The van der Waals surface area contributed by atoms with Crippen molar-refractivity contribution in [2.45, 2.75) is 32.4 Å². The van der Waals surface area contributed by atoms with Crippen LogP contribution in [0.5, 0.6) is 5.75 Å². The Labute approximate surface area is 286 Å². The molecule has 262 valence electrons. The summed E-state index contributed by atoms with van der Waals surface area (Å²) in [4.78, 5) is 55.5. The Bertz CT molecular complexity index is 1500. The molecule has 6 rings (SSSR count). The molecule has 3 aromatic rings. The van der Waals surface area contributed by atoms with Gasteiger partial charge < -0.3 is 34.6 Å². The number of ether oxygens (including phenoxy) is 3. The van der Waals surface area contributed by atoms with Gasteiger partial charge in [0.2, 0.25) is 17.7 Å². The summed E-state index contributed by atoms with van der Waals surface area (Å²) in [5.74, 6) is -0.0188. The summed E-state index contributed by atoms with van der Waals surface area (Å²) in [6.45, 7) is 2.87. The minimum absolute atomic E-state index is 0.0180. The Kier molecular flexibility index (Phi) is 13.5. The highest BCUT2D eigenvalue weighted by atomic mass is 16.5. The first-order valence-electron chi connectivity index (χ1n) is 16.8. The van der Waals surface area contributed by atoms with E-state index >= 15 is 0 Å². The van der Waals surface area contributed by atoms with Crippen LogP contribution in [0.3, 0.4) is 0 Å². The van der Waals surface area contributed by atoms with Crippen LogP contribution in [0.2, 0.25) is 0 Å². The van der Waals surface area contributed by atoms with Crippen LogP contribution >= 0.6 is 0 Å². The molecule has 2 aromatic carbocycles. The van der Waals surface area contributed by atoms with Gasteiger partial charge in [-0.05, 0) is 48.9 Å². The Balaban J connectivity index is 1.22. The number of aromatic nitrogens is 3. The molecule has 3 saturated heterocycles. The van der Waals surface area contributed by atoms with E-state index in [1.807, 2.05) is 42.6 Å². The Morgan fingerprint density at radius 2 is 1.73 bits per heavy atom. The predicted molar refractivity (Wildman–Crippen MR) is 178 cm³/mol. The first-order chi connectivity index (χ1) is 23.9. The fourth-order valence-corrected chi connectivity index (χ4v) is 5.98. The molecule has 14 heteroatoms. The van der Waals surface area contributed by atoms with Crippen LogP contribution in [0, 0.1) is 11.8 Å². The lowest BCUT2D eigenvalue weighted by Crippen LogP contribution is -2.51. The van der Waals surface area contributed by atoms with Gasteiger partial charge in [0.1, 0.15) is 24.7 Å². The van der Waals surface area contributed by atoms with Crippen molar-refractivity contribution in [2.75, 3.05) is 65.7 Å². The second-order valence-corrected chi connectivity index (χ2v) is 12.2. The first kappa shape index (κ1) is 35.5. The molecule has 0 aliphatic carbocycles. The van der Waals surface area contributed by atoms with Crippen LogP contribution in [0.15, 0.2) is 66.9 Å². The van der Waals surface area contributed by atoms with Gasteiger partial charge in [-0.15, -0.1) is 5.10 Å². The van der Waals surface area contributed by atoms with Gasteiger partial charge in [-0.2, -0.15) is 0 Å². The van der Waals surface area contributed by atoms with E-state index in [-0.39, 0.29) is 74.9 Å². The highest BCUT2D eigenvalue weighted by Gasteiger charge is 2.33. The summed E-state index contributed by atoms with van der Waals surface area (Å²) < 4.78 is 18.6. The average Bonchev–Trinajstić information content (AvgIpc) is 3.59. The molecule has 0 spiro atoms. The lowest BCUT2D eigenvalue weighted by molar-refractivity contribution is -0.145. The van der Waals surface area contributed by atoms with Crippen molar-refractivity contribution < 1.29 is 33.4 Å². The molecule has 3 aliphatic heterocycles. The molecule has 4 heterocycles. The zero-order valence-electron chi connectivity index (χ0n) is 27.7. The van der Waals surface area contributed by atoms with Gasteiger partial charge in [-0.1, -0.05) is 41.6 Å². The SMILES string of the molecule is O=C1C[C@H]2CCN(C[C@@H]2CCn2cc(COc3ccccc3)nn2)C(=O)CN(CCNC(=O)c2ccccc2)C(=O)COCCOCCN1. The minimum atomic E-state index is -0.347. The van der Waals surface area contributed by atoms with E-state index in [9.17, 15) is 19.2 Å². The quantitative estimate of drug-likeness (QED) is 0.304. The van der Waals surface area contributed by atoms with Crippen LogP contribution < -0.4 is 15.4 Å². The Morgan fingerprint density at radius 3 is 2.55 bits per heavy atom. The standard InChI is InChI=1S/C35H45N7O7/c43-32-21-28-11-15-40(22-29(28)12-16-42-23-30(38-39-42)25-49-31-9-5-2-6-10-31)33(44)24-41(34(45)26-48-20-19-47-18-14-36-32)17-13-37-35(46)27-7-3-1-4-8-27/h1-10,23,28-29H,11-22,24-26H2,(H,36,43)(H,37,46)/t28-,29+/m1/s1. The summed E-state index contributed by atoms with van der Waals surface area (Å²) in [5.41, 5.74) is 1.21. The van der Waals surface area contributed by atoms with Gasteiger partial charge in [0, 0.05) is 51.3 Å². The number of rotatable bonds is 10. The highest BCUT2D eigenvalue weighted by molar-refractivity contribution is 5.94. The molecule has 14 nitrogen and oxygen atoms in total. The largest absolute Gasteiger partial charge is 0.487 e. The summed E-state index contributed by atoms with van der Waals surface area (Å²) in [5, 5.41) is 14.3. The number of nitrogens with zero attached hydrogens (tertiary/aromatic N) is 5. The third-order valence-electron chi connectivity index (χ3n) is 8.68. The normalized spacial score (nSPS) is 20.0. The number of nitrogens with one attached hydrogen (secondary N) is 2. The van der Waals surface area contributed by atoms with Gasteiger partial charge in [0.05, 0.1) is 32.6 Å². The van der Waals surface area contributed by atoms with Crippen molar-refractivity contribution in [3.05, 3.63) is 78.1 Å². The Hall–Kier alpha value is -4.82. The summed E-state index contributed by atoms with van der Waals surface area (Å²) in [6.07, 6.45) is 3.52. The third kappa shape index (κ3) is 11.4. The van der Waals surface area contributed by atoms with E-state index in [0.717, 1.165) is 5.75 Å². The molecule has 0 radical (unpaired) electrons. The third-order valence-corrected chi connectivity index (χ3v) is 8.68. The number of benzene rings is 2. The molecule has 2 N–H and O–H groups in total. The number of amides is 4. The minimum Gasteiger partial charge on any atom is -0.487 e. The molecule has 3 aliphatic rings. The van der Waals surface area contributed by atoms with Crippen LogP contribution in [0.4, 0.5) is 0 Å². The number of carbonyl (C=O) groups excluding carboxylic acids is 4. The number of carbonyl (C=O) groups is 4. The van der Waals surface area contributed by atoms with Gasteiger partial charge in [0.15, 0.2) is 0 Å². The number of para-hydroxylation sites is 1. The van der Waals surface area contributed by atoms with Gasteiger partial charge in [0.25, 0.3) is 5.91 Å². The van der Waals surface area contributed by atoms with Crippen LogP contribution in [0.1, 0.15) is 35.3 Å². The maximum atomic E-state index is 13.7. The maximum Gasteiger partial charge on any atom is 0.251 e. The smallest absolute Gasteiger partial charge is 0.251 e. The second-order valence-electron chi connectivity index (χ2n) is 12.2. The molecule has 3 fully saturated rings. The number of fused-ring (bicyclic) bond motifs is 15. The molecular weight excluding hydrogens is 630 g/mol. The maximum absolute atomic E-state index is 13.7. The fourth-order valence-electron chi connectivity index (χ4n) is 5.98.